The molecule has 0 unspecified atom stereocenters. The summed E-state index contributed by atoms with van der Waals surface area (Å²) >= 11 is 6.05. The number of benzene rings is 1. The van der Waals surface area contributed by atoms with E-state index in [9.17, 15) is 4.79 Å². The predicted molar refractivity (Wildman–Crippen MR) is 81.9 cm³/mol. The molecule has 0 spiro atoms. The number of carbonyl (C=O) groups is 1. The molecule has 1 atom stereocenters. The lowest BCUT2D eigenvalue weighted by Crippen LogP contribution is -2.14. The number of primary amides is 1. The van der Waals surface area contributed by atoms with E-state index in [0.717, 1.165) is 37.6 Å². The summed E-state index contributed by atoms with van der Waals surface area (Å²) in [6, 6.07) is 7.38. The van der Waals surface area contributed by atoms with Crippen molar-refractivity contribution in [3.8, 4) is 5.69 Å². The van der Waals surface area contributed by atoms with Crippen LogP contribution >= 0.6 is 11.6 Å². The van der Waals surface area contributed by atoms with Crippen molar-refractivity contribution in [1.29, 1.82) is 0 Å². The first kappa shape index (κ1) is 15.0. The maximum Gasteiger partial charge on any atom is 0.225 e. The lowest BCUT2D eigenvalue weighted by atomic mass is 10.0. The van der Waals surface area contributed by atoms with Crippen LogP contribution in [0.4, 0.5) is 0 Å². The zero-order valence-corrected chi connectivity index (χ0v) is 12.8. The number of halogens is 1. The molecule has 1 amide bonds. The lowest BCUT2D eigenvalue weighted by Gasteiger charge is -2.09. The van der Waals surface area contributed by atoms with Gasteiger partial charge in [0.25, 0.3) is 0 Å². The first-order chi connectivity index (χ1) is 10.6. The summed E-state index contributed by atoms with van der Waals surface area (Å²) in [5, 5.41) is 5.03. The minimum absolute atomic E-state index is 0.0295. The summed E-state index contributed by atoms with van der Waals surface area (Å²) in [5.41, 5.74) is 6.06. The van der Waals surface area contributed by atoms with Crippen LogP contribution in [0.25, 0.3) is 5.69 Å². The van der Waals surface area contributed by atoms with Gasteiger partial charge in [0, 0.05) is 24.7 Å². The minimum atomic E-state index is -0.445. The number of rotatable bonds is 5. The zero-order chi connectivity index (χ0) is 15.5. The van der Waals surface area contributed by atoms with Crippen LogP contribution in [0.5, 0.6) is 0 Å². The number of nitrogens with two attached hydrogens (primary N) is 1. The molecule has 3 rings (SSSR count). The first-order valence-corrected chi connectivity index (χ1v) is 7.56. The van der Waals surface area contributed by atoms with Crippen LogP contribution < -0.4 is 5.73 Å². The quantitative estimate of drug-likeness (QED) is 0.905. The lowest BCUT2D eigenvalue weighted by molar-refractivity contribution is -0.117. The fourth-order valence-corrected chi connectivity index (χ4v) is 2.76. The molecule has 1 aliphatic heterocycles. The number of nitrogens with zero attached hydrogens (tertiary/aromatic N) is 3. The van der Waals surface area contributed by atoms with Gasteiger partial charge in [-0.3, -0.25) is 4.79 Å². The Morgan fingerprint density at radius 1 is 1.50 bits per heavy atom. The third-order valence-electron chi connectivity index (χ3n) is 3.60. The molecule has 2 heterocycles. The van der Waals surface area contributed by atoms with Crippen LogP contribution in [0.3, 0.4) is 0 Å². The number of ether oxygens (including phenoxy) is 1. The third kappa shape index (κ3) is 3.45. The van der Waals surface area contributed by atoms with E-state index in [2.05, 4.69) is 10.1 Å². The Morgan fingerprint density at radius 2 is 2.36 bits per heavy atom. The third-order valence-corrected chi connectivity index (χ3v) is 3.83. The molecule has 116 valence electrons. The van der Waals surface area contributed by atoms with Crippen molar-refractivity contribution < 1.29 is 9.53 Å². The molecule has 7 heteroatoms. The van der Waals surface area contributed by atoms with E-state index in [0.29, 0.717) is 16.8 Å². The van der Waals surface area contributed by atoms with Crippen molar-refractivity contribution in [2.45, 2.75) is 19.3 Å². The van der Waals surface area contributed by atoms with Crippen LogP contribution in [0.2, 0.25) is 5.02 Å². The maximum atomic E-state index is 11.1. The highest BCUT2D eigenvalue weighted by Gasteiger charge is 2.21. The molecule has 0 aliphatic carbocycles. The molecule has 0 saturated carbocycles. The summed E-state index contributed by atoms with van der Waals surface area (Å²) in [6.07, 6.45) is 1.79. The van der Waals surface area contributed by atoms with Crippen LogP contribution in [-0.4, -0.2) is 33.9 Å². The molecule has 2 N–H and O–H groups in total. The van der Waals surface area contributed by atoms with Crippen molar-refractivity contribution in [3.63, 3.8) is 0 Å². The topological polar surface area (TPSA) is 83.0 Å². The van der Waals surface area contributed by atoms with Gasteiger partial charge in [0.2, 0.25) is 5.91 Å². The van der Waals surface area contributed by atoms with Crippen LogP contribution in [0.1, 0.15) is 18.1 Å². The first-order valence-electron chi connectivity index (χ1n) is 7.18. The summed E-state index contributed by atoms with van der Waals surface area (Å²) in [7, 11) is 0. The second kappa shape index (κ2) is 6.46. The fourth-order valence-electron chi connectivity index (χ4n) is 2.57. The molecule has 1 fully saturated rings. The molecule has 0 bridgehead atoms. The fraction of sp³-hybridized carbons (Fsp3) is 0.400. The highest BCUT2D eigenvalue weighted by Crippen LogP contribution is 2.21. The van der Waals surface area contributed by atoms with Crippen molar-refractivity contribution in [1.82, 2.24) is 14.8 Å². The Balaban J connectivity index is 1.94. The highest BCUT2D eigenvalue weighted by molar-refractivity contribution is 6.30. The van der Waals surface area contributed by atoms with Gasteiger partial charge in [0.1, 0.15) is 5.82 Å². The number of hydrogen-bond donors (Lipinski definition) is 1. The summed E-state index contributed by atoms with van der Waals surface area (Å²) in [6.45, 7) is 1.51. The highest BCUT2D eigenvalue weighted by atomic mass is 35.5. The van der Waals surface area contributed by atoms with Crippen molar-refractivity contribution >= 4 is 17.5 Å². The van der Waals surface area contributed by atoms with E-state index in [-0.39, 0.29) is 6.42 Å². The second-order valence-electron chi connectivity index (χ2n) is 5.41. The minimum Gasteiger partial charge on any atom is -0.381 e. The van der Waals surface area contributed by atoms with Gasteiger partial charge in [0.05, 0.1) is 12.1 Å². The van der Waals surface area contributed by atoms with Crippen molar-refractivity contribution in [3.05, 3.63) is 40.9 Å². The van der Waals surface area contributed by atoms with Gasteiger partial charge >= 0.3 is 0 Å². The summed E-state index contributed by atoms with van der Waals surface area (Å²) in [5.74, 6) is 1.21. The summed E-state index contributed by atoms with van der Waals surface area (Å²) in [4.78, 5) is 15.6. The molecule has 1 aliphatic rings. The molecule has 22 heavy (non-hydrogen) atoms. The Labute approximate surface area is 133 Å². The Bertz CT molecular complexity index is 680. The number of hydrogen-bond acceptors (Lipinski definition) is 4. The van der Waals surface area contributed by atoms with E-state index in [4.69, 9.17) is 22.1 Å². The van der Waals surface area contributed by atoms with Crippen LogP contribution in [0, 0.1) is 5.92 Å². The van der Waals surface area contributed by atoms with E-state index >= 15 is 0 Å². The standard InChI is InChI=1S/C15H17ClN4O2/c16-11-2-1-3-12(7-11)20-15(6-10-4-5-22-9-10)18-14(19-20)8-13(17)21/h1-3,7,10H,4-6,8-9H2,(H2,17,21)/t10-/m1/s1. The largest absolute Gasteiger partial charge is 0.381 e. The van der Waals surface area contributed by atoms with Gasteiger partial charge in [-0.1, -0.05) is 17.7 Å². The van der Waals surface area contributed by atoms with E-state index in [1.165, 1.54) is 0 Å². The van der Waals surface area contributed by atoms with Crippen molar-refractivity contribution in [2.24, 2.45) is 11.7 Å². The number of carbonyl (C=O) groups excluding carboxylic acids is 1. The molecule has 1 aromatic carbocycles. The van der Waals surface area contributed by atoms with E-state index in [1.54, 1.807) is 10.7 Å². The van der Waals surface area contributed by atoms with Gasteiger partial charge in [0.15, 0.2) is 5.82 Å². The second-order valence-corrected chi connectivity index (χ2v) is 5.85. The molecule has 1 aromatic heterocycles. The Morgan fingerprint density at radius 3 is 3.05 bits per heavy atom. The molecule has 6 nitrogen and oxygen atoms in total. The molecular formula is C15H17ClN4O2. The average Bonchev–Trinajstić information content (AvgIpc) is 3.09. The molecule has 2 aromatic rings. The Kier molecular flexibility index (Phi) is 4.40. The van der Waals surface area contributed by atoms with Crippen molar-refractivity contribution in [2.75, 3.05) is 13.2 Å². The predicted octanol–water partition coefficient (Wildman–Crippen LogP) is 1.53. The van der Waals surface area contributed by atoms with Gasteiger partial charge in [-0.2, -0.15) is 5.10 Å². The Hall–Kier alpha value is -1.92. The SMILES string of the molecule is NC(=O)Cc1nc(C[C@H]2CCOC2)n(-c2cccc(Cl)c2)n1. The zero-order valence-electron chi connectivity index (χ0n) is 12.0. The van der Waals surface area contributed by atoms with Gasteiger partial charge in [-0.25, -0.2) is 9.67 Å². The van der Waals surface area contributed by atoms with Crippen LogP contribution in [0.15, 0.2) is 24.3 Å². The van der Waals surface area contributed by atoms with E-state index in [1.807, 2.05) is 18.2 Å². The molecule has 0 radical (unpaired) electrons. The maximum absolute atomic E-state index is 11.1. The monoisotopic (exact) mass is 320 g/mol. The van der Waals surface area contributed by atoms with Crippen LogP contribution in [-0.2, 0) is 22.4 Å². The normalized spacial score (nSPS) is 17.8. The number of aromatic nitrogens is 3. The van der Waals surface area contributed by atoms with Gasteiger partial charge in [-0.15, -0.1) is 0 Å². The summed E-state index contributed by atoms with van der Waals surface area (Å²) < 4.78 is 7.15. The average molecular weight is 321 g/mol. The smallest absolute Gasteiger partial charge is 0.225 e. The van der Waals surface area contributed by atoms with Gasteiger partial charge < -0.3 is 10.5 Å². The molecule has 1 saturated heterocycles. The molecular weight excluding hydrogens is 304 g/mol. The van der Waals surface area contributed by atoms with Gasteiger partial charge in [-0.05, 0) is 30.5 Å². The number of amides is 1. The van der Waals surface area contributed by atoms with E-state index < -0.39 is 5.91 Å².